The minimum Gasteiger partial charge on any atom is -0.181 e. The predicted molar refractivity (Wildman–Crippen MR) is 47.1 cm³/mol. The molecule has 1 aromatic rings. The summed E-state index contributed by atoms with van der Waals surface area (Å²) >= 11 is 0. The fraction of sp³-hybridized carbons (Fsp3) is 0.200. The summed E-state index contributed by atoms with van der Waals surface area (Å²) in [5.41, 5.74) is 2.66. The standard InChI is InChI=1S/C8H10.C2N2/c1-7-3-5-8(2)6-4-7;3-1-2-4/h3-6H,1-2H3;. The highest BCUT2D eigenvalue weighted by molar-refractivity contribution is 5.19. The number of nitrogens with zero attached hydrogens (tertiary/aromatic N) is 2. The fourth-order valence-electron chi connectivity index (χ4n) is 0.637. The van der Waals surface area contributed by atoms with Gasteiger partial charge in [0.15, 0.2) is 12.1 Å². The SMILES string of the molecule is Cc1ccc(C)cc1.N#CC#N. The summed E-state index contributed by atoms with van der Waals surface area (Å²) in [5.74, 6) is 0. The van der Waals surface area contributed by atoms with E-state index in [-0.39, 0.29) is 0 Å². The van der Waals surface area contributed by atoms with Crippen LogP contribution in [0.25, 0.3) is 0 Å². The number of rotatable bonds is 0. The summed E-state index contributed by atoms with van der Waals surface area (Å²) in [4.78, 5) is 0. The Morgan fingerprint density at radius 3 is 1.25 bits per heavy atom. The van der Waals surface area contributed by atoms with Crippen molar-refractivity contribution >= 4 is 0 Å². The van der Waals surface area contributed by atoms with E-state index in [1.807, 2.05) is 0 Å². The molecule has 1 aromatic carbocycles. The lowest BCUT2D eigenvalue weighted by atomic mass is 10.2. The third-order valence-corrected chi connectivity index (χ3v) is 1.27. The molecule has 0 aliphatic carbocycles. The molecule has 2 heteroatoms. The molecule has 0 atom stereocenters. The summed E-state index contributed by atoms with van der Waals surface area (Å²) in [6, 6.07) is 11.0. The van der Waals surface area contributed by atoms with Crippen LogP contribution in [0, 0.1) is 36.5 Å². The van der Waals surface area contributed by atoms with Gasteiger partial charge < -0.3 is 0 Å². The van der Waals surface area contributed by atoms with E-state index >= 15 is 0 Å². The third-order valence-electron chi connectivity index (χ3n) is 1.27. The molecule has 0 bridgehead atoms. The molecule has 2 nitrogen and oxygen atoms in total. The maximum atomic E-state index is 7.26. The maximum absolute atomic E-state index is 7.26. The molecule has 0 fully saturated rings. The molecule has 0 aliphatic rings. The molecule has 0 aliphatic heterocycles. The highest BCUT2D eigenvalue weighted by Crippen LogP contribution is 1.99. The number of nitriles is 2. The van der Waals surface area contributed by atoms with E-state index in [1.54, 1.807) is 0 Å². The summed E-state index contributed by atoms with van der Waals surface area (Å²) < 4.78 is 0. The van der Waals surface area contributed by atoms with Crippen molar-refractivity contribution in [1.29, 1.82) is 10.5 Å². The van der Waals surface area contributed by atoms with Crippen LogP contribution < -0.4 is 0 Å². The molecule has 0 amide bonds. The minimum atomic E-state index is 1.24. The van der Waals surface area contributed by atoms with Gasteiger partial charge in [0.05, 0.1) is 0 Å². The molecule has 0 radical (unpaired) electrons. The number of benzene rings is 1. The fourth-order valence-corrected chi connectivity index (χ4v) is 0.637. The van der Waals surface area contributed by atoms with E-state index < -0.39 is 0 Å². The lowest BCUT2D eigenvalue weighted by Gasteiger charge is -1.90. The Labute approximate surface area is 72.7 Å². The van der Waals surface area contributed by atoms with Gasteiger partial charge in [-0.15, -0.1) is 0 Å². The minimum absolute atomic E-state index is 1.24. The van der Waals surface area contributed by atoms with Crippen molar-refractivity contribution in [3.8, 4) is 12.1 Å². The van der Waals surface area contributed by atoms with Crippen LogP contribution in [0.2, 0.25) is 0 Å². The second-order valence-electron chi connectivity index (χ2n) is 2.38. The van der Waals surface area contributed by atoms with Crippen LogP contribution in [0.15, 0.2) is 24.3 Å². The van der Waals surface area contributed by atoms with Crippen LogP contribution in [0.5, 0.6) is 0 Å². The van der Waals surface area contributed by atoms with Gasteiger partial charge in [-0.25, -0.2) is 0 Å². The van der Waals surface area contributed by atoms with Crippen LogP contribution in [0.3, 0.4) is 0 Å². The average molecular weight is 158 g/mol. The lowest BCUT2D eigenvalue weighted by Crippen LogP contribution is -1.70. The van der Waals surface area contributed by atoms with Crippen LogP contribution in [0.4, 0.5) is 0 Å². The van der Waals surface area contributed by atoms with Crippen molar-refractivity contribution in [3.63, 3.8) is 0 Å². The van der Waals surface area contributed by atoms with Crippen LogP contribution in [-0.2, 0) is 0 Å². The first-order chi connectivity index (χ1) is 5.70. The topological polar surface area (TPSA) is 47.6 Å². The Morgan fingerprint density at radius 2 is 1.08 bits per heavy atom. The van der Waals surface area contributed by atoms with Gasteiger partial charge in [0.2, 0.25) is 0 Å². The number of hydrogen-bond donors (Lipinski definition) is 0. The van der Waals surface area contributed by atoms with E-state index in [1.165, 1.54) is 23.3 Å². The van der Waals surface area contributed by atoms with Crippen molar-refractivity contribution in [1.82, 2.24) is 0 Å². The molecule has 60 valence electrons. The monoisotopic (exact) mass is 158 g/mol. The van der Waals surface area contributed by atoms with E-state index in [9.17, 15) is 0 Å². The second kappa shape index (κ2) is 5.95. The number of hydrogen-bond acceptors (Lipinski definition) is 2. The smallest absolute Gasteiger partial charge is 0.181 e. The van der Waals surface area contributed by atoms with E-state index in [2.05, 4.69) is 38.1 Å². The molecular weight excluding hydrogens is 148 g/mol. The third kappa shape index (κ3) is 5.02. The zero-order valence-electron chi connectivity index (χ0n) is 7.20. The maximum Gasteiger partial charge on any atom is 0.181 e. The first-order valence-corrected chi connectivity index (χ1v) is 3.52. The highest BCUT2D eigenvalue weighted by atomic mass is 14.3. The van der Waals surface area contributed by atoms with Crippen LogP contribution in [0.1, 0.15) is 11.1 Å². The van der Waals surface area contributed by atoms with Gasteiger partial charge in [0, 0.05) is 0 Å². The van der Waals surface area contributed by atoms with Crippen LogP contribution in [-0.4, -0.2) is 0 Å². The normalized spacial score (nSPS) is 7.00. The first-order valence-electron chi connectivity index (χ1n) is 3.52. The molecule has 0 unspecified atom stereocenters. The molecule has 0 saturated heterocycles. The second-order valence-corrected chi connectivity index (χ2v) is 2.38. The molecule has 0 spiro atoms. The van der Waals surface area contributed by atoms with Gasteiger partial charge in [-0.2, -0.15) is 10.5 Å². The quantitative estimate of drug-likeness (QED) is 0.581. The van der Waals surface area contributed by atoms with Crippen molar-refractivity contribution in [3.05, 3.63) is 35.4 Å². The van der Waals surface area contributed by atoms with Gasteiger partial charge in [-0.1, -0.05) is 35.4 Å². The van der Waals surface area contributed by atoms with Crippen molar-refractivity contribution in [2.45, 2.75) is 13.8 Å². The Kier molecular flexibility index (Phi) is 5.05. The van der Waals surface area contributed by atoms with Crippen molar-refractivity contribution in [2.24, 2.45) is 0 Å². The Hall–Kier alpha value is -1.80. The van der Waals surface area contributed by atoms with Gasteiger partial charge in [-0.05, 0) is 13.8 Å². The summed E-state index contributed by atoms with van der Waals surface area (Å²) in [6.45, 7) is 4.19. The van der Waals surface area contributed by atoms with Crippen LogP contribution >= 0.6 is 0 Å². The van der Waals surface area contributed by atoms with E-state index in [0.29, 0.717) is 0 Å². The predicted octanol–water partition coefficient (Wildman–Crippen LogP) is 2.34. The zero-order chi connectivity index (χ0) is 9.40. The molecule has 0 N–H and O–H groups in total. The zero-order valence-corrected chi connectivity index (χ0v) is 7.20. The van der Waals surface area contributed by atoms with Gasteiger partial charge in [0.25, 0.3) is 0 Å². The Balaban J connectivity index is 0.000000261. The van der Waals surface area contributed by atoms with Crippen molar-refractivity contribution in [2.75, 3.05) is 0 Å². The Bertz CT molecular complexity index is 265. The summed E-state index contributed by atoms with van der Waals surface area (Å²) in [7, 11) is 0. The molecular formula is C10H10N2. The molecule has 0 saturated carbocycles. The molecule has 0 aromatic heterocycles. The molecule has 0 heterocycles. The van der Waals surface area contributed by atoms with Gasteiger partial charge in [0.1, 0.15) is 0 Å². The summed E-state index contributed by atoms with van der Waals surface area (Å²) in [6.07, 6.45) is 0. The van der Waals surface area contributed by atoms with Crippen molar-refractivity contribution < 1.29 is 0 Å². The average Bonchev–Trinajstić information content (AvgIpc) is 2.11. The molecule has 1 rings (SSSR count). The lowest BCUT2D eigenvalue weighted by molar-refractivity contribution is 1.40. The molecule has 12 heavy (non-hydrogen) atoms. The largest absolute Gasteiger partial charge is 0.181 e. The van der Waals surface area contributed by atoms with E-state index in [0.717, 1.165) is 0 Å². The first kappa shape index (κ1) is 10.2. The number of aryl methyl sites for hydroxylation is 2. The van der Waals surface area contributed by atoms with Gasteiger partial charge in [-0.3, -0.25) is 0 Å². The van der Waals surface area contributed by atoms with Gasteiger partial charge >= 0.3 is 0 Å². The highest BCUT2D eigenvalue weighted by Gasteiger charge is 1.79. The Morgan fingerprint density at radius 1 is 0.833 bits per heavy atom. The van der Waals surface area contributed by atoms with E-state index in [4.69, 9.17) is 10.5 Å². The summed E-state index contributed by atoms with van der Waals surface area (Å²) in [5, 5.41) is 14.5.